The summed E-state index contributed by atoms with van der Waals surface area (Å²) in [6.45, 7) is 0.300. The molecular weight excluding hydrogens is 526 g/mol. The van der Waals surface area contributed by atoms with Gasteiger partial charge in [0.1, 0.15) is 4.90 Å². The van der Waals surface area contributed by atoms with Crippen LogP contribution >= 0.6 is 11.6 Å². The third kappa shape index (κ3) is 6.59. The first kappa shape index (κ1) is 29.3. The molecule has 1 atom stereocenters. The van der Waals surface area contributed by atoms with Crippen molar-refractivity contribution in [2.45, 2.75) is 17.2 Å². The molecule has 0 unspecified atom stereocenters. The van der Waals surface area contributed by atoms with Crippen molar-refractivity contribution in [3.8, 4) is 11.5 Å². The molecule has 0 heterocycles. The lowest BCUT2D eigenvalue weighted by Crippen LogP contribution is -2.31. The molecule has 204 valence electrons. The number of ether oxygens (including phenoxy) is 2. The maximum Gasteiger partial charge on any atom is 0.253 e. The minimum absolute atomic E-state index is 0.0474. The van der Waals surface area contributed by atoms with Gasteiger partial charge in [-0.2, -0.15) is 0 Å². The molecular formula is C28H34ClN3O5S. The highest BCUT2D eigenvalue weighted by atomic mass is 35.5. The largest absolute Gasteiger partial charge is 0.493 e. The number of nitrogens with zero attached hydrogens (tertiary/aromatic N) is 2. The summed E-state index contributed by atoms with van der Waals surface area (Å²) in [5, 5.41) is 3.06. The van der Waals surface area contributed by atoms with E-state index in [4.69, 9.17) is 21.1 Å². The van der Waals surface area contributed by atoms with Gasteiger partial charge in [0.05, 0.1) is 30.5 Å². The van der Waals surface area contributed by atoms with E-state index in [2.05, 4.69) is 5.32 Å². The van der Waals surface area contributed by atoms with Crippen molar-refractivity contribution in [2.75, 3.05) is 53.9 Å². The smallest absolute Gasteiger partial charge is 0.253 e. The number of carbonyl (C=O) groups excluding carboxylic acids is 1. The maximum atomic E-state index is 13.5. The van der Waals surface area contributed by atoms with Crippen molar-refractivity contribution in [3.63, 3.8) is 0 Å². The zero-order chi connectivity index (χ0) is 28.0. The Hall–Kier alpha value is -3.27. The molecule has 10 heteroatoms. The van der Waals surface area contributed by atoms with Crippen LogP contribution in [0.5, 0.6) is 11.5 Å². The topological polar surface area (TPSA) is 88.2 Å². The number of nitrogens with one attached hydrogen (secondary N) is 1. The van der Waals surface area contributed by atoms with Crippen LogP contribution in [0.25, 0.3) is 0 Å². The van der Waals surface area contributed by atoms with Crippen LogP contribution in [-0.2, 0) is 16.4 Å². The van der Waals surface area contributed by atoms with E-state index in [-0.39, 0.29) is 21.4 Å². The average molecular weight is 560 g/mol. The minimum Gasteiger partial charge on any atom is -0.493 e. The van der Waals surface area contributed by atoms with E-state index in [0.717, 1.165) is 15.4 Å². The zero-order valence-electron chi connectivity index (χ0n) is 22.5. The number of halogens is 1. The Labute approximate surface area is 230 Å². The van der Waals surface area contributed by atoms with Gasteiger partial charge in [0.15, 0.2) is 11.5 Å². The summed E-state index contributed by atoms with van der Waals surface area (Å²) in [4.78, 5) is 15.1. The van der Waals surface area contributed by atoms with E-state index in [9.17, 15) is 13.2 Å². The molecule has 38 heavy (non-hydrogen) atoms. The molecule has 1 N–H and O–H groups in total. The van der Waals surface area contributed by atoms with Crippen molar-refractivity contribution in [2.24, 2.45) is 0 Å². The number of anilines is 1. The number of rotatable bonds is 11. The second kappa shape index (κ2) is 12.5. The third-order valence-corrected chi connectivity index (χ3v) is 8.53. The van der Waals surface area contributed by atoms with Crippen molar-refractivity contribution in [3.05, 3.63) is 82.4 Å². The molecule has 0 aliphatic heterocycles. The van der Waals surface area contributed by atoms with Crippen LogP contribution in [0, 0.1) is 0 Å². The first-order chi connectivity index (χ1) is 18.0. The molecule has 0 aliphatic rings. The normalized spacial score (nSPS) is 12.2. The Balaban J connectivity index is 1.97. The number of amides is 1. The fraction of sp³-hybridized carbons (Fsp3) is 0.321. The first-order valence-electron chi connectivity index (χ1n) is 12.0. The predicted molar refractivity (Wildman–Crippen MR) is 151 cm³/mol. The standard InChI is InChI=1S/C28H34ClN3O5S/c1-31(2)24-17-23(29)27(38(34,35)32(3)4)16-22(24)28(33)30-18-21(14-19-10-8-7-9-11-19)20-12-13-25(36-5)26(15-20)37-6/h7-13,15-17,21H,14,18H2,1-6H3,(H,30,33)/t21-/m0/s1. The molecule has 8 nitrogen and oxygen atoms in total. The Bertz CT molecular complexity index is 1380. The summed E-state index contributed by atoms with van der Waals surface area (Å²) < 4.78 is 37.6. The van der Waals surface area contributed by atoms with Crippen LogP contribution < -0.4 is 19.7 Å². The van der Waals surface area contributed by atoms with Gasteiger partial charge in [-0.3, -0.25) is 4.79 Å². The molecule has 3 rings (SSSR count). The van der Waals surface area contributed by atoms with E-state index in [1.165, 1.54) is 26.2 Å². The van der Waals surface area contributed by atoms with Gasteiger partial charge >= 0.3 is 0 Å². The van der Waals surface area contributed by atoms with Crippen LogP contribution in [-0.4, -0.2) is 67.6 Å². The lowest BCUT2D eigenvalue weighted by molar-refractivity contribution is 0.0951. The second-order valence-electron chi connectivity index (χ2n) is 9.19. The van der Waals surface area contributed by atoms with E-state index in [1.807, 2.05) is 48.5 Å². The van der Waals surface area contributed by atoms with E-state index >= 15 is 0 Å². The Morgan fingerprint density at radius 2 is 1.61 bits per heavy atom. The summed E-state index contributed by atoms with van der Waals surface area (Å²) in [6, 6.07) is 18.5. The highest BCUT2D eigenvalue weighted by molar-refractivity contribution is 7.89. The summed E-state index contributed by atoms with van der Waals surface area (Å²) in [7, 11) is 5.68. The van der Waals surface area contributed by atoms with Gasteiger partial charge in [0.2, 0.25) is 10.0 Å². The highest BCUT2D eigenvalue weighted by Gasteiger charge is 2.26. The van der Waals surface area contributed by atoms with E-state index < -0.39 is 15.9 Å². The fourth-order valence-electron chi connectivity index (χ4n) is 4.11. The van der Waals surface area contributed by atoms with Gasteiger partial charge in [-0.15, -0.1) is 0 Å². The summed E-state index contributed by atoms with van der Waals surface area (Å²) in [5.41, 5.74) is 2.80. The average Bonchev–Trinajstić information content (AvgIpc) is 2.90. The van der Waals surface area contributed by atoms with E-state index in [1.54, 1.807) is 33.2 Å². The molecule has 3 aromatic carbocycles. The number of hydrogen-bond donors (Lipinski definition) is 1. The minimum atomic E-state index is -3.86. The Morgan fingerprint density at radius 1 is 0.947 bits per heavy atom. The van der Waals surface area contributed by atoms with Gasteiger partial charge in [0.25, 0.3) is 5.91 Å². The molecule has 0 aromatic heterocycles. The van der Waals surface area contributed by atoms with Gasteiger partial charge < -0.3 is 19.7 Å². The van der Waals surface area contributed by atoms with Crippen LogP contribution in [0.1, 0.15) is 27.4 Å². The number of carbonyl (C=O) groups is 1. The summed E-state index contributed by atoms with van der Waals surface area (Å²) in [5.74, 6) is 0.714. The molecule has 0 aliphatic carbocycles. The summed E-state index contributed by atoms with van der Waals surface area (Å²) >= 11 is 6.34. The fourth-order valence-corrected chi connectivity index (χ4v) is 5.53. The third-order valence-electron chi connectivity index (χ3n) is 6.25. The Morgan fingerprint density at radius 3 is 2.18 bits per heavy atom. The van der Waals surface area contributed by atoms with Crippen LogP contribution in [0.15, 0.2) is 65.6 Å². The lowest BCUT2D eigenvalue weighted by Gasteiger charge is -2.23. The van der Waals surface area contributed by atoms with Crippen LogP contribution in [0.3, 0.4) is 0 Å². The quantitative estimate of drug-likeness (QED) is 0.374. The van der Waals surface area contributed by atoms with Crippen LogP contribution in [0.4, 0.5) is 5.69 Å². The van der Waals surface area contributed by atoms with Crippen molar-refractivity contribution >= 4 is 33.2 Å². The van der Waals surface area contributed by atoms with Gasteiger partial charge in [-0.05, 0) is 41.8 Å². The molecule has 0 saturated heterocycles. The molecule has 0 radical (unpaired) electrons. The SMILES string of the molecule is COc1ccc([C@H](CNC(=O)c2cc(S(=O)(=O)N(C)C)c(Cl)cc2N(C)C)Cc2ccccc2)cc1OC. The van der Waals surface area contributed by atoms with Gasteiger partial charge in [0, 0.05) is 40.7 Å². The van der Waals surface area contributed by atoms with Gasteiger partial charge in [-0.1, -0.05) is 48.0 Å². The number of benzene rings is 3. The lowest BCUT2D eigenvalue weighted by atomic mass is 9.91. The highest BCUT2D eigenvalue weighted by Crippen LogP contribution is 2.33. The monoisotopic (exact) mass is 559 g/mol. The van der Waals surface area contributed by atoms with Crippen molar-refractivity contribution in [1.82, 2.24) is 9.62 Å². The molecule has 0 saturated carbocycles. The van der Waals surface area contributed by atoms with Gasteiger partial charge in [-0.25, -0.2) is 12.7 Å². The Kier molecular flexibility index (Phi) is 9.65. The number of hydrogen-bond acceptors (Lipinski definition) is 6. The first-order valence-corrected chi connectivity index (χ1v) is 13.8. The second-order valence-corrected chi connectivity index (χ2v) is 11.7. The van der Waals surface area contributed by atoms with E-state index in [0.29, 0.717) is 30.2 Å². The number of sulfonamides is 1. The van der Waals surface area contributed by atoms with Crippen molar-refractivity contribution < 1.29 is 22.7 Å². The maximum absolute atomic E-state index is 13.5. The predicted octanol–water partition coefficient (Wildman–Crippen LogP) is 4.43. The molecule has 0 spiro atoms. The molecule has 3 aromatic rings. The molecule has 0 bridgehead atoms. The van der Waals surface area contributed by atoms with Crippen LogP contribution in [0.2, 0.25) is 5.02 Å². The zero-order valence-corrected chi connectivity index (χ0v) is 24.1. The number of methoxy groups -OCH3 is 2. The van der Waals surface area contributed by atoms with Crippen molar-refractivity contribution in [1.29, 1.82) is 0 Å². The summed E-state index contributed by atoms with van der Waals surface area (Å²) in [6.07, 6.45) is 0.665. The molecule has 0 fully saturated rings. The molecule has 1 amide bonds.